The Kier molecular flexibility index (Phi) is 4.17. The minimum atomic E-state index is -2.97. The molecular formula is C14H17F3N4O. The van der Waals surface area contributed by atoms with Crippen LogP contribution in [0.25, 0.3) is 0 Å². The monoisotopic (exact) mass is 314 g/mol. The van der Waals surface area contributed by atoms with E-state index in [9.17, 15) is 18.0 Å². The molecule has 1 N–H and O–H groups in total. The molecule has 1 saturated carbocycles. The molecule has 1 aliphatic carbocycles. The van der Waals surface area contributed by atoms with Crippen LogP contribution in [0.4, 0.5) is 19.1 Å². The topological polar surface area (TPSA) is 58.1 Å². The molecule has 1 saturated heterocycles. The number of nitrogens with one attached hydrogen (secondary N) is 1. The summed E-state index contributed by atoms with van der Waals surface area (Å²) in [5.41, 5.74) is 0. The average molecular weight is 314 g/mol. The first kappa shape index (κ1) is 15.1. The third kappa shape index (κ3) is 3.15. The molecule has 1 amide bonds. The van der Waals surface area contributed by atoms with Crippen molar-refractivity contribution in [3.8, 4) is 0 Å². The van der Waals surface area contributed by atoms with Crippen LogP contribution in [0, 0.1) is 17.7 Å². The SMILES string of the molecule is O=C(NC1CCC2CN(c3ncc(F)cn3)CC2C1)C(F)F. The molecule has 5 nitrogen and oxygen atoms in total. The summed E-state index contributed by atoms with van der Waals surface area (Å²) in [6.07, 6.45) is 1.56. The van der Waals surface area contributed by atoms with Crippen LogP contribution < -0.4 is 10.2 Å². The molecule has 3 atom stereocenters. The Bertz CT molecular complexity index is 539. The molecule has 8 heteroatoms. The van der Waals surface area contributed by atoms with Crippen molar-refractivity contribution in [1.82, 2.24) is 15.3 Å². The molecule has 2 aliphatic rings. The molecule has 0 spiro atoms. The number of amides is 1. The van der Waals surface area contributed by atoms with E-state index >= 15 is 0 Å². The van der Waals surface area contributed by atoms with Crippen LogP contribution in [0.1, 0.15) is 19.3 Å². The summed E-state index contributed by atoms with van der Waals surface area (Å²) in [5, 5.41) is 2.40. The second-order valence-electron chi connectivity index (χ2n) is 5.95. The van der Waals surface area contributed by atoms with Gasteiger partial charge in [0.1, 0.15) is 0 Å². The number of fused-ring (bicyclic) bond motifs is 1. The molecule has 1 aliphatic heterocycles. The Balaban J connectivity index is 1.59. The van der Waals surface area contributed by atoms with Crippen LogP contribution in [-0.4, -0.2) is 41.4 Å². The van der Waals surface area contributed by atoms with Crippen molar-refractivity contribution in [2.24, 2.45) is 11.8 Å². The normalized spacial score (nSPS) is 27.8. The second kappa shape index (κ2) is 6.10. The summed E-state index contributed by atoms with van der Waals surface area (Å²) in [4.78, 5) is 21.0. The van der Waals surface area contributed by atoms with Crippen molar-refractivity contribution >= 4 is 11.9 Å². The van der Waals surface area contributed by atoms with Gasteiger partial charge < -0.3 is 10.2 Å². The number of carbonyl (C=O) groups is 1. The van der Waals surface area contributed by atoms with E-state index in [0.29, 0.717) is 37.2 Å². The van der Waals surface area contributed by atoms with Crippen molar-refractivity contribution in [2.45, 2.75) is 31.7 Å². The lowest BCUT2D eigenvalue weighted by Crippen LogP contribution is -2.43. The van der Waals surface area contributed by atoms with E-state index < -0.39 is 18.1 Å². The van der Waals surface area contributed by atoms with Crippen LogP contribution in [-0.2, 0) is 4.79 Å². The van der Waals surface area contributed by atoms with Crippen molar-refractivity contribution in [3.63, 3.8) is 0 Å². The van der Waals surface area contributed by atoms with Gasteiger partial charge in [0, 0.05) is 19.1 Å². The smallest absolute Gasteiger partial charge is 0.315 e. The standard InChI is InChI=1S/C14H17F3N4O/c15-10-4-18-14(19-5-10)21-6-8-1-2-11(3-9(8)7-21)20-13(22)12(16)17/h4-5,8-9,11-12H,1-3,6-7H2,(H,20,22). The molecule has 2 heterocycles. The number of carbonyl (C=O) groups excluding carboxylic acids is 1. The molecule has 0 radical (unpaired) electrons. The highest BCUT2D eigenvalue weighted by Crippen LogP contribution is 2.37. The van der Waals surface area contributed by atoms with Crippen LogP contribution in [0.15, 0.2) is 12.4 Å². The first-order valence-corrected chi connectivity index (χ1v) is 7.34. The minimum Gasteiger partial charge on any atom is -0.348 e. The molecule has 3 rings (SSSR count). The van der Waals surface area contributed by atoms with E-state index in [1.165, 1.54) is 0 Å². The highest BCUT2D eigenvalue weighted by atomic mass is 19.3. The minimum absolute atomic E-state index is 0.197. The van der Waals surface area contributed by atoms with Gasteiger partial charge >= 0.3 is 6.43 Å². The van der Waals surface area contributed by atoms with Crippen molar-refractivity contribution < 1.29 is 18.0 Å². The maximum absolute atomic E-state index is 12.9. The van der Waals surface area contributed by atoms with Crippen molar-refractivity contribution in [3.05, 3.63) is 18.2 Å². The van der Waals surface area contributed by atoms with Crippen LogP contribution >= 0.6 is 0 Å². The Morgan fingerprint density at radius 1 is 1.23 bits per heavy atom. The lowest BCUT2D eigenvalue weighted by atomic mass is 9.79. The van der Waals surface area contributed by atoms with E-state index in [2.05, 4.69) is 15.3 Å². The summed E-state index contributed by atoms with van der Waals surface area (Å²) in [6.45, 7) is 1.49. The Hall–Kier alpha value is -1.86. The molecule has 0 bridgehead atoms. The quantitative estimate of drug-likeness (QED) is 0.921. The number of aromatic nitrogens is 2. The van der Waals surface area contributed by atoms with E-state index in [1.54, 1.807) is 0 Å². The van der Waals surface area contributed by atoms with Crippen molar-refractivity contribution in [2.75, 3.05) is 18.0 Å². The van der Waals surface area contributed by atoms with Crippen LogP contribution in [0.5, 0.6) is 0 Å². The fourth-order valence-corrected chi connectivity index (χ4v) is 3.46. The third-order valence-corrected chi connectivity index (χ3v) is 4.48. The fourth-order valence-electron chi connectivity index (χ4n) is 3.46. The molecule has 2 fully saturated rings. The predicted octanol–water partition coefficient (Wildman–Crippen LogP) is 1.60. The van der Waals surface area contributed by atoms with Gasteiger partial charge in [-0.3, -0.25) is 4.79 Å². The molecular weight excluding hydrogens is 297 g/mol. The van der Waals surface area contributed by atoms with E-state index in [-0.39, 0.29) is 6.04 Å². The van der Waals surface area contributed by atoms with Gasteiger partial charge in [-0.05, 0) is 31.1 Å². The molecule has 1 aromatic heterocycles. The summed E-state index contributed by atoms with van der Waals surface area (Å²) in [5.74, 6) is -0.432. The zero-order valence-electron chi connectivity index (χ0n) is 11.9. The van der Waals surface area contributed by atoms with E-state index in [1.807, 2.05) is 4.90 Å². The van der Waals surface area contributed by atoms with Gasteiger partial charge in [0.15, 0.2) is 5.82 Å². The largest absolute Gasteiger partial charge is 0.348 e. The van der Waals surface area contributed by atoms with E-state index in [4.69, 9.17) is 0 Å². The lowest BCUT2D eigenvalue weighted by molar-refractivity contribution is -0.132. The zero-order valence-corrected chi connectivity index (χ0v) is 11.9. The van der Waals surface area contributed by atoms with E-state index in [0.717, 1.165) is 25.4 Å². The molecule has 1 aromatic rings. The summed E-state index contributed by atoms with van der Waals surface area (Å²) in [7, 11) is 0. The number of halogens is 3. The van der Waals surface area contributed by atoms with Crippen LogP contribution in [0.3, 0.4) is 0 Å². The first-order chi connectivity index (χ1) is 10.5. The number of nitrogens with zero attached hydrogens (tertiary/aromatic N) is 3. The Labute approximate surface area is 125 Å². The maximum Gasteiger partial charge on any atom is 0.315 e. The number of rotatable bonds is 3. The molecule has 0 aromatic carbocycles. The third-order valence-electron chi connectivity index (χ3n) is 4.48. The van der Waals surface area contributed by atoms with Gasteiger partial charge in [0.25, 0.3) is 5.91 Å². The van der Waals surface area contributed by atoms with Gasteiger partial charge in [0.05, 0.1) is 12.4 Å². The summed E-state index contributed by atoms with van der Waals surface area (Å²) >= 11 is 0. The number of alkyl halides is 2. The maximum atomic E-state index is 12.9. The number of anilines is 1. The lowest BCUT2D eigenvalue weighted by Gasteiger charge is -2.31. The molecule has 3 unspecified atom stereocenters. The van der Waals surface area contributed by atoms with Gasteiger partial charge in [0.2, 0.25) is 5.95 Å². The zero-order chi connectivity index (χ0) is 15.7. The van der Waals surface area contributed by atoms with Gasteiger partial charge in [-0.2, -0.15) is 8.78 Å². The van der Waals surface area contributed by atoms with Gasteiger partial charge in [-0.1, -0.05) is 0 Å². The second-order valence-corrected chi connectivity index (χ2v) is 5.95. The van der Waals surface area contributed by atoms with Crippen molar-refractivity contribution in [1.29, 1.82) is 0 Å². The van der Waals surface area contributed by atoms with Crippen LogP contribution in [0.2, 0.25) is 0 Å². The fraction of sp³-hybridized carbons (Fsp3) is 0.643. The van der Waals surface area contributed by atoms with Gasteiger partial charge in [-0.25, -0.2) is 14.4 Å². The number of hydrogen-bond acceptors (Lipinski definition) is 4. The van der Waals surface area contributed by atoms with Gasteiger partial charge in [-0.15, -0.1) is 0 Å². The first-order valence-electron chi connectivity index (χ1n) is 7.34. The summed E-state index contributed by atoms with van der Waals surface area (Å²) < 4.78 is 37.5. The average Bonchev–Trinajstić information content (AvgIpc) is 2.91. The molecule has 22 heavy (non-hydrogen) atoms. The highest BCUT2D eigenvalue weighted by Gasteiger charge is 2.39. The Morgan fingerprint density at radius 2 is 1.91 bits per heavy atom. The summed E-state index contributed by atoms with van der Waals surface area (Å²) in [6, 6.07) is -0.197. The predicted molar refractivity (Wildman–Crippen MR) is 73.0 cm³/mol. The number of hydrogen-bond donors (Lipinski definition) is 1. The molecule has 120 valence electrons. The Morgan fingerprint density at radius 3 is 2.59 bits per heavy atom. The highest BCUT2D eigenvalue weighted by molar-refractivity contribution is 5.79.